The van der Waals surface area contributed by atoms with Gasteiger partial charge < -0.3 is 10.0 Å². The van der Waals surface area contributed by atoms with Crippen LogP contribution in [0.25, 0.3) is 11.3 Å². The number of piperidine rings is 1. The Hall–Kier alpha value is -3.67. The summed E-state index contributed by atoms with van der Waals surface area (Å²) in [6.07, 6.45) is -2.67. The van der Waals surface area contributed by atoms with Crippen molar-refractivity contribution in [1.82, 2.24) is 9.97 Å². The lowest BCUT2D eigenvalue weighted by Gasteiger charge is -2.52. The summed E-state index contributed by atoms with van der Waals surface area (Å²) in [5.74, 6) is -1.12. The first kappa shape index (κ1) is 26.0. The predicted octanol–water partition coefficient (Wildman–Crippen LogP) is 4.96. The number of aliphatic carboxylic acids is 1. The van der Waals surface area contributed by atoms with Gasteiger partial charge in [-0.2, -0.15) is 21.6 Å². The van der Waals surface area contributed by atoms with Crippen molar-refractivity contribution in [3.8, 4) is 11.3 Å². The first-order chi connectivity index (χ1) is 18.0. The molecule has 5 rings (SSSR count). The molecule has 2 aromatic heterocycles. The Morgan fingerprint density at radius 2 is 1.84 bits per heavy atom. The van der Waals surface area contributed by atoms with Crippen molar-refractivity contribution < 1.29 is 31.5 Å². The number of halogens is 3. The molecule has 1 aromatic carbocycles. The summed E-state index contributed by atoms with van der Waals surface area (Å²) in [6.45, 7) is 2.27. The third-order valence-corrected chi connectivity index (χ3v) is 8.53. The number of hydrogen-bond acceptors (Lipinski definition) is 6. The molecule has 1 aliphatic carbocycles. The Morgan fingerprint density at radius 3 is 2.55 bits per heavy atom. The van der Waals surface area contributed by atoms with Gasteiger partial charge in [0.25, 0.3) is 10.0 Å². The summed E-state index contributed by atoms with van der Waals surface area (Å²) < 4.78 is 69.9. The Bertz CT molecular complexity index is 1500. The van der Waals surface area contributed by atoms with Crippen LogP contribution in [0.2, 0.25) is 0 Å². The van der Waals surface area contributed by atoms with Crippen LogP contribution in [0, 0.1) is 18.8 Å². The maximum absolute atomic E-state index is 13.7. The molecule has 0 amide bonds. The number of pyridine rings is 2. The molecule has 0 radical (unpaired) electrons. The largest absolute Gasteiger partial charge is 0.481 e. The second-order valence-corrected chi connectivity index (χ2v) is 11.2. The van der Waals surface area contributed by atoms with Gasteiger partial charge in [-0.05, 0) is 61.9 Å². The van der Waals surface area contributed by atoms with E-state index in [0.717, 1.165) is 25.0 Å². The molecule has 1 saturated heterocycles. The predicted molar refractivity (Wildman–Crippen MR) is 134 cm³/mol. The molecule has 3 heterocycles. The Kier molecular flexibility index (Phi) is 6.54. The van der Waals surface area contributed by atoms with Gasteiger partial charge in [-0.15, -0.1) is 0 Å². The highest BCUT2D eigenvalue weighted by Gasteiger charge is 2.49. The Morgan fingerprint density at radius 1 is 1.08 bits per heavy atom. The number of sulfonamides is 1. The Labute approximate surface area is 217 Å². The number of benzene rings is 1. The van der Waals surface area contributed by atoms with E-state index in [0.29, 0.717) is 24.3 Å². The first-order valence-corrected chi connectivity index (χ1v) is 13.6. The molecule has 0 spiro atoms. The molecular formula is C26H25F3N4O4S. The number of alkyl halides is 3. The summed E-state index contributed by atoms with van der Waals surface area (Å²) in [5, 5.41) is 9.08. The number of nitrogens with zero attached hydrogens (tertiary/aromatic N) is 3. The average Bonchev–Trinajstić information content (AvgIpc) is 2.84. The van der Waals surface area contributed by atoms with Crippen LogP contribution in [-0.2, 0) is 21.0 Å². The molecule has 0 bridgehead atoms. The molecule has 38 heavy (non-hydrogen) atoms. The van der Waals surface area contributed by atoms with Crippen LogP contribution in [0.5, 0.6) is 0 Å². The zero-order valence-electron chi connectivity index (χ0n) is 20.3. The maximum atomic E-state index is 13.7. The van der Waals surface area contributed by atoms with Crippen LogP contribution in [0.3, 0.4) is 0 Å². The third-order valence-electron chi connectivity index (χ3n) is 7.28. The lowest BCUT2D eigenvalue weighted by Crippen LogP contribution is -2.58. The fourth-order valence-electron chi connectivity index (χ4n) is 5.36. The van der Waals surface area contributed by atoms with Crippen molar-refractivity contribution in [2.45, 2.75) is 43.4 Å². The van der Waals surface area contributed by atoms with Gasteiger partial charge >= 0.3 is 12.1 Å². The molecule has 2 aliphatic rings. The molecular weight excluding hydrogens is 521 g/mol. The minimum absolute atomic E-state index is 0.0161. The number of carbonyl (C=O) groups is 1. The number of fused-ring (bicyclic) bond motifs is 1. The minimum Gasteiger partial charge on any atom is -0.481 e. The molecule has 1 saturated carbocycles. The van der Waals surface area contributed by atoms with Crippen LogP contribution >= 0.6 is 0 Å². The molecule has 3 aromatic rings. The van der Waals surface area contributed by atoms with E-state index < -0.39 is 33.7 Å². The van der Waals surface area contributed by atoms with E-state index in [4.69, 9.17) is 0 Å². The summed E-state index contributed by atoms with van der Waals surface area (Å²) in [5.41, 5.74) is -0.564. The smallest absolute Gasteiger partial charge is 0.418 e. The monoisotopic (exact) mass is 546 g/mol. The summed E-state index contributed by atoms with van der Waals surface area (Å²) >= 11 is 0. The van der Waals surface area contributed by atoms with E-state index in [2.05, 4.69) is 14.7 Å². The van der Waals surface area contributed by atoms with Gasteiger partial charge in [0, 0.05) is 18.2 Å². The summed E-state index contributed by atoms with van der Waals surface area (Å²) in [6, 6.07) is 12.7. The normalized spacial score (nSPS) is 21.4. The van der Waals surface area contributed by atoms with E-state index >= 15 is 0 Å². The maximum Gasteiger partial charge on any atom is 0.418 e. The lowest BCUT2D eigenvalue weighted by atomic mass is 9.64. The van der Waals surface area contributed by atoms with Crippen molar-refractivity contribution >= 4 is 27.6 Å². The highest BCUT2D eigenvalue weighted by molar-refractivity contribution is 7.92. The second-order valence-electron chi connectivity index (χ2n) is 9.59. The highest BCUT2D eigenvalue weighted by Crippen LogP contribution is 2.45. The standard InChI is InChI=1S/C26H25F3N4O4S/c1-15-6-2-3-7-16(15)24-19(26(27,28)29)11-12-21(30-24)32-38(36,37)23-10-4-9-22(31-23)33-13-5-8-17-18(25(34)35)14-20(17)33/h2-4,6-7,9-12,17-18,20H,5,8,13-14H2,1H3,(H,30,32)(H,34,35). The fourth-order valence-corrected chi connectivity index (χ4v) is 6.32. The van der Waals surface area contributed by atoms with Crippen molar-refractivity contribution in [3.63, 3.8) is 0 Å². The van der Waals surface area contributed by atoms with Crippen LogP contribution in [0.15, 0.2) is 59.6 Å². The topological polar surface area (TPSA) is 112 Å². The van der Waals surface area contributed by atoms with Gasteiger partial charge in [0.2, 0.25) is 0 Å². The third kappa shape index (κ3) is 4.80. The number of carboxylic acid groups (broad SMARTS) is 1. The number of carboxylic acids is 1. The van der Waals surface area contributed by atoms with Crippen LogP contribution in [0.1, 0.15) is 30.4 Å². The van der Waals surface area contributed by atoms with Crippen molar-refractivity contribution in [3.05, 3.63) is 65.7 Å². The van der Waals surface area contributed by atoms with Gasteiger partial charge in [-0.3, -0.25) is 9.52 Å². The molecule has 1 aliphatic heterocycles. The van der Waals surface area contributed by atoms with Crippen molar-refractivity contribution in [1.29, 1.82) is 0 Å². The average molecular weight is 547 g/mol. The van der Waals surface area contributed by atoms with E-state index in [9.17, 15) is 31.5 Å². The molecule has 200 valence electrons. The molecule has 2 N–H and O–H groups in total. The quantitative estimate of drug-likeness (QED) is 0.449. The molecule has 3 atom stereocenters. The minimum atomic E-state index is -4.69. The Balaban J connectivity index is 1.44. The molecule has 8 nitrogen and oxygen atoms in total. The number of aromatic nitrogens is 2. The number of nitrogens with one attached hydrogen (secondary N) is 1. The van der Waals surface area contributed by atoms with Crippen LogP contribution < -0.4 is 9.62 Å². The van der Waals surface area contributed by atoms with Crippen LogP contribution in [0.4, 0.5) is 24.8 Å². The van der Waals surface area contributed by atoms with Gasteiger partial charge in [0.15, 0.2) is 5.03 Å². The molecule has 2 fully saturated rings. The fraction of sp³-hybridized carbons (Fsp3) is 0.346. The van der Waals surface area contributed by atoms with E-state index in [-0.39, 0.29) is 34.1 Å². The summed E-state index contributed by atoms with van der Waals surface area (Å²) in [7, 11) is -4.29. The summed E-state index contributed by atoms with van der Waals surface area (Å²) in [4.78, 5) is 21.8. The van der Waals surface area contributed by atoms with E-state index in [1.54, 1.807) is 31.2 Å². The van der Waals surface area contributed by atoms with Crippen LogP contribution in [-0.4, -0.2) is 42.0 Å². The van der Waals surface area contributed by atoms with Gasteiger partial charge in [-0.1, -0.05) is 30.3 Å². The molecule has 12 heteroatoms. The number of rotatable bonds is 6. The second kappa shape index (κ2) is 9.57. The number of aryl methyl sites for hydroxylation is 1. The van der Waals surface area contributed by atoms with E-state index in [1.807, 2.05) is 4.90 Å². The lowest BCUT2D eigenvalue weighted by molar-refractivity contribution is -0.149. The zero-order valence-corrected chi connectivity index (χ0v) is 21.1. The van der Waals surface area contributed by atoms with Gasteiger partial charge in [0.05, 0.1) is 17.2 Å². The SMILES string of the molecule is Cc1ccccc1-c1nc(NS(=O)(=O)c2cccc(N3CCCC4C(C(=O)O)CC43)n2)ccc1C(F)(F)F. The first-order valence-electron chi connectivity index (χ1n) is 12.1. The van der Waals surface area contributed by atoms with Crippen molar-refractivity contribution in [2.75, 3.05) is 16.2 Å². The zero-order chi connectivity index (χ0) is 27.2. The van der Waals surface area contributed by atoms with Gasteiger partial charge in [0.1, 0.15) is 11.6 Å². The van der Waals surface area contributed by atoms with E-state index in [1.165, 1.54) is 18.2 Å². The van der Waals surface area contributed by atoms with Crippen molar-refractivity contribution in [2.24, 2.45) is 11.8 Å². The highest BCUT2D eigenvalue weighted by atomic mass is 32.2. The van der Waals surface area contributed by atoms with Gasteiger partial charge in [-0.25, -0.2) is 9.97 Å². The molecule has 3 unspecified atom stereocenters. The number of anilines is 2. The number of hydrogen-bond donors (Lipinski definition) is 2.